The molecule has 0 saturated carbocycles. The van der Waals surface area contributed by atoms with Gasteiger partial charge in [-0.1, -0.05) is 49.1 Å². The number of oxime groups is 1. The van der Waals surface area contributed by atoms with Crippen molar-refractivity contribution in [3.05, 3.63) is 90.5 Å². The van der Waals surface area contributed by atoms with E-state index in [1.54, 1.807) is 42.5 Å². The van der Waals surface area contributed by atoms with Gasteiger partial charge in [-0.2, -0.15) is 0 Å². The molecule has 0 atom stereocenters. The Morgan fingerprint density at radius 2 is 1.83 bits per heavy atom. The van der Waals surface area contributed by atoms with Gasteiger partial charge < -0.3 is 14.7 Å². The van der Waals surface area contributed by atoms with Crippen molar-refractivity contribution in [1.82, 2.24) is 0 Å². The van der Waals surface area contributed by atoms with Crippen molar-refractivity contribution in [2.75, 3.05) is 6.61 Å². The van der Waals surface area contributed by atoms with E-state index in [2.05, 4.69) is 11.7 Å². The number of ether oxygens (including phenoxy) is 1. The SMILES string of the molecule is C=CC=CCON=C(OCc1ccccc1)c1ccc(O)cc1. The van der Waals surface area contributed by atoms with Crippen LogP contribution >= 0.6 is 0 Å². The number of benzene rings is 2. The number of rotatable bonds is 7. The molecule has 4 nitrogen and oxygen atoms in total. The van der Waals surface area contributed by atoms with Gasteiger partial charge in [-0.05, 0) is 41.1 Å². The first-order chi connectivity index (χ1) is 11.3. The smallest absolute Gasteiger partial charge is 0.257 e. The molecule has 2 rings (SSSR count). The lowest BCUT2D eigenvalue weighted by Crippen LogP contribution is -2.08. The predicted octanol–water partition coefficient (Wildman–Crippen LogP) is 4.03. The quantitative estimate of drug-likeness (QED) is 0.276. The highest BCUT2D eigenvalue weighted by molar-refractivity contribution is 5.93. The Morgan fingerprint density at radius 1 is 1.09 bits per heavy atom. The van der Waals surface area contributed by atoms with Crippen LogP contribution in [0.15, 0.2) is 84.6 Å². The van der Waals surface area contributed by atoms with Crippen LogP contribution in [0.4, 0.5) is 0 Å². The second-order valence-corrected chi connectivity index (χ2v) is 4.68. The average molecular weight is 309 g/mol. The van der Waals surface area contributed by atoms with Gasteiger partial charge in [0.05, 0.1) is 0 Å². The summed E-state index contributed by atoms with van der Waals surface area (Å²) in [6.07, 6.45) is 5.24. The maximum atomic E-state index is 9.39. The molecule has 0 aliphatic rings. The van der Waals surface area contributed by atoms with Crippen LogP contribution in [0.2, 0.25) is 0 Å². The Labute approximate surface area is 136 Å². The topological polar surface area (TPSA) is 51.0 Å². The molecule has 0 fully saturated rings. The lowest BCUT2D eigenvalue weighted by Gasteiger charge is -2.09. The summed E-state index contributed by atoms with van der Waals surface area (Å²) in [5.41, 5.74) is 1.76. The van der Waals surface area contributed by atoms with E-state index < -0.39 is 0 Å². The summed E-state index contributed by atoms with van der Waals surface area (Å²) in [5, 5.41) is 13.4. The van der Waals surface area contributed by atoms with E-state index in [1.807, 2.05) is 30.3 Å². The van der Waals surface area contributed by atoms with Crippen LogP contribution in [-0.2, 0) is 16.2 Å². The van der Waals surface area contributed by atoms with Crippen LogP contribution in [0.3, 0.4) is 0 Å². The van der Waals surface area contributed by atoms with Crippen molar-refractivity contribution < 1.29 is 14.7 Å². The number of nitrogens with zero attached hydrogens (tertiary/aromatic N) is 1. The minimum Gasteiger partial charge on any atom is -0.508 e. The minimum atomic E-state index is 0.186. The molecular formula is C19H19NO3. The fourth-order valence-electron chi connectivity index (χ4n) is 1.78. The van der Waals surface area contributed by atoms with E-state index >= 15 is 0 Å². The molecule has 0 aliphatic heterocycles. The molecule has 0 amide bonds. The van der Waals surface area contributed by atoms with Gasteiger partial charge in [0.1, 0.15) is 19.0 Å². The molecule has 2 aromatic rings. The largest absolute Gasteiger partial charge is 0.508 e. The first-order valence-corrected chi connectivity index (χ1v) is 7.23. The lowest BCUT2D eigenvalue weighted by atomic mass is 10.2. The zero-order valence-electron chi connectivity index (χ0n) is 12.8. The minimum absolute atomic E-state index is 0.186. The molecule has 23 heavy (non-hydrogen) atoms. The molecular weight excluding hydrogens is 290 g/mol. The summed E-state index contributed by atoms with van der Waals surface area (Å²) in [6, 6.07) is 16.4. The van der Waals surface area contributed by atoms with Crippen LogP contribution in [0.1, 0.15) is 11.1 Å². The van der Waals surface area contributed by atoms with Gasteiger partial charge in [-0.25, -0.2) is 0 Å². The fraction of sp³-hybridized carbons (Fsp3) is 0.105. The predicted molar refractivity (Wildman–Crippen MR) is 91.2 cm³/mol. The van der Waals surface area contributed by atoms with E-state index in [0.717, 1.165) is 11.1 Å². The van der Waals surface area contributed by atoms with E-state index in [0.29, 0.717) is 19.1 Å². The van der Waals surface area contributed by atoms with Crippen molar-refractivity contribution in [2.45, 2.75) is 6.61 Å². The molecule has 118 valence electrons. The van der Waals surface area contributed by atoms with Crippen molar-refractivity contribution >= 4 is 5.90 Å². The van der Waals surface area contributed by atoms with Gasteiger partial charge in [0.15, 0.2) is 0 Å². The zero-order valence-corrected chi connectivity index (χ0v) is 12.8. The van der Waals surface area contributed by atoms with Gasteiger partial charge in [0, 0.05) is 5.56 Å². The molecule has 0 heterocycles. The molecule has 0 saturated heterocycles. The average Bonchev–Trinajstić information content (AvgIpc) is 2.59. The van der Waals surface area contributed by atoms with Crippen molar-refractivity contribution in [1.29, 1.82) is 0 Å². The number of hydrogen-bond donors (Lipinski definition) is 1. The standard InChI is InChI=1S/C19H19NO3/c1-2-3-7-14-23-20-19(17-10-12-18(21)13-11-17)22-15-16-8-5-4-6-9-16/h2-13,21H,1,14-15H2. The second-order valence-electron chi connectivity index (χ2n) is 4.68. The third-order valence-electron chi connectivity index (χ3n) is 2.92. The Hall–Kier alpha value is -3.01. The maximum Gasteiger partial charge on any atom is 0.257 e. The zero-order chi connectivity index (χ0) is 16.3. The van der Waals surface area contributed by atoms with Gasteiger partial charge in [-0.15, -0.1) is 0 Å². The summed E-state index contributed by atoms with van der Waals surface area (Å²) >= 11 is 0. The first-order valence-electron chi connectivity index (χ1n) is 7.23. The number of hydrogen-bond acceptors (Lipinski definition) is 4. The fourth-order valence-corrected chi connectivity index (χ4v) is 1.78. The van der Waals surface area contributed by atoms with Crippen LogP contribution in [-0.4, -0.2) is 17.6 Å². The van der Waals surface area contributed by atoms with Crippen molar-refractivity contribution in [2.24, 2.45) is 5.16 Å². The van der Waals surface area contributed by atoms with E-state index in [9.17, 15) is 5.11 Å². The third-order valence-corrected chi connectivity index (χ3v) is 2.92. The summed E-state index contributed by atoms with van der Waals surface area (Å²) in [5.74, 6) is 0.548. The van der Waals surface area contributed by atoms with Gasteiger partial charge in [0.25, 0.3) is 5.90 Å². The van der Waals surface area contributed by atoms with Gasteiger partial charge >= 0.3 is 0 Å². The maximum absolute atomic E-state index is 9.39. The molecule has 1 N–H and O–H groups in total. The number of allylic oxidation sites excluding steroid dienone is 2. The van der Waals surface area contributed by atoms with E-state index in [-0.39, 0.29) is 5.75 Å². The Morgan fingerprint density at radius 3 is 2.52 bits per heavy atom. The normalized spacial score (nSPS) is 11.4. The highest BCUT2D eigenvalue weighted by atomic mass is 16.6. The van der Waals surface area contributed by atoms with Crippen LogP contribution in [0, 0.1) is 0 Å². The molecule has 0 aromatic heterocycles. The number of phenols is 1. The summed E-state index contributed by atoms with van der Waals surface area (Å²) < 4.78 is 5.76. The number of phenolic OH excluding ortho intramolecular Hbond substituents is 1. The second kappa shape index (κ2) is 9.10. The summed E-state index contributed by atoms with van der Waals surface area (Å²) in [7, 11) is 0. The monoisotopic (exact) mass is 309 g/mol. The molecule has 0 unspecified atom stereocenters. The molecule has 4 heteroatoms. The van der Waals surface area contributed by atoms with Crippen LogP contribution in [0.25, 0.3) is 0 Å². The van der Waals surface area contributed by atoms with Gasteiger partial charge in [-0.3, -0.25) is 0 Å². The highest BCUT2D eigenvalue weighted by Crippen LogP contribution is 2.13. The Bertz CT molecular complexity index is 661. The molecule has 2 aromatic carbocycles. The Kier molecular flexibility index (Phi) is 6.47. The first kappa shape index (κ1) is 16.4. The Balaban J connectivity index is 2.07. The van der Waals surface area contributed by atoms with Crippen molar-refractivity contribution in [3.8, 4) is 5.75 Å². The molecule has 0 bridgehead atoms. The summed E-state index contributed by atoms with van der Waals surface area (Å²) in [4.78, 5) is 5.24. The van der Waals surface area contributed by atoms with Crippen LogP contribution < -0.4 is 0 Å². The van der Waals surface area contributed by atoms with Crippen LogP contribution in [0.5, 0.6) is 5.75 Å². The lowest BCUT2D eigenvalue weighted by molar-refractivity contribution is 0.157. The van der Waals surface area contributed by atoms with E-state index in [4.69, 9.17) is 9.57 Å². The summed E-state index contributed by atoms with van der Waals surface area (Å²) in [6.45, 7) is 4.29. The highest BCUT2D eigenvalue weighted by Gasteiger charge is 2.07. The van der Waals surface area contributed by atoms with E-state index in [1.165, 1.54) is 0 Å². The van der Waals surface area contributed by atoms with Gasteiger partial charge in [0.2, 0.25) is 0 Å². The number of aromatic hydroxyl groups is 1. The molecule has 0 aliphatic carbocycles. The molecule has 0 spiro atoms. The van der Waals surface area contributed by atoms with Crippen molar-refractivity contribution in [3.63, 3.8) is 0 Å². The third kappa shape index (κ3) is 5.71. The molecule has 0 radical (unpaired) electrons.